The lowest BCUT2D eigenvalue weighted by Crippen LogP contribution is -2.49. The van der Waals surface area contributed by atoms with E-state index in [1.807, 2.05) is 29.3 Å². The van der Waals surface area contributed by atoms with Crippen LogP contribution in [0.4, 0.5) is 10.5 Å². The van der Waals surface area contributed by atoms with E-state index in [9.17, 15) is 19.2 Å². The van der Waals surface area contributed by atoms with Crippen molar-refractivity contribution in [3.8, 4) is 28.4 Å². The van der Waals surface area contributed by atoms with Crippen molar-refractivity contribution in [2.24, 2.45) is 5.92 Å². The average molecular weight is 785 g/mol. The molecule has 3 aliphatic rings. The number of fused-ring (bicyclic) bond motifs is 1. The van der Waals surface area contributed by atoms with Gasteiger partial charge in [-0.25, -0.2) is 4.79 Å². The monoisotopic (exact) mass is 784 g/mol. The Balaban J connectivity index is 0.951. The fourth-order valence-electron chi connectivity index (χ4n) is 8.00. The fourth-order valence-corrected chi connectivity index (χ4v) is 8.22. The zero-order valence-corrected chi connectivity index (χ0v) is 33.0. The lowest BCUT2D eigenvalue weighted by Gasteiger charge is -2.38. The zero-order valence-electron chi connectivity index (χ0n) is 32.2. The second-order valence-corrected chi connectivity index (χ2v) is 15.2. The second-order valence-electron chi connectivity index (χ2n) is 14.8. The highest BCUT2D eigenvalue weighted by Crippen LogP contribution is 2.44. The van der Waals surface area contributed by atoms with E-state index in [0.717, 1.165) is 74.7 Å². The van der Waals surface area contributed by atoms with Crippen LogP contribution in [0.1, 0.15) is 62.2 Å². The van der Waals surface area contributed by atoms with Gasteiger partial charge in [-0.1, -0.05) is 24.9 Å². The number of piperidine rings is 2. The number of ether oxygens (including phenoxy) is 3. The number of rotatable bonds is 12. The Hall–Kier alpha value is -5.14. The van der Waals surface area contributed by atoms with E-state index in [1.165, 1.54) is 4.90 Å². The van der Waals surface area contributed by atoms with Crippen LogP contribution in [-0.2, 0) is 11.3 Å². The van der Waals surface area contributed by atoms with Crippen LogP contribution in [0.2, 0.25) is 5.02 Å². The molecule has 3 aliphatic heterocycles. The number of benzene rings is 2. The summed E-state index contributed by atoms with van der Waals surface area (Å²) >= 11 is 6.41. The number of anilines is 1. The van der Waals surface area contributed by atoms with Crippen molar-refractivity contribution >= 4 is 45.9 Å². The van der Waals surface area contributed by atoms with Gasteiger partial charge in [0.25, 0.3) is 11.5 Å². The molecule has 0 spiro atoms. The molecule has 2 aromatic heterocycles. The Kier molecular flexibility index (Phi) is 12.1. The Morgan fingerprint density at radius 1 is 0.929 bits per heavy atom. The van der Waals surface area contributed by atoms with E-state index in [-0.39, 0.29) is 36.4 Å². The number of likely N-dealkylation sites (tertiary alicyclic amines) is 2. The van der Waals surface area contributed by atoms with Crippen LogP contribution in [0.5, 0.6) is 17.2 Å². The van der Waals surface area contributed by atoms with E-state index in [2.05, 4.69) is 22.1 Å². The number of amides is 4. The maximum Gasteiger partial charge on any atom is 0.328 e. The summed E-state index contributed by atoms with van der Waals surface area (Å²) in [6, 6.07) is 10.2. The second kappa shape index (κ2) is 17.3. The highest BCUT2D eigenvalue weighted by molar-refractivity contribution is 6.34. The molecule has 5 heterocycles. The minimum atomic E-state index is -0.537. The first-order chi connectivity index (χ1) is 27.2. The molecule has 0 saturated carbocycles. The molecule has 0 radical (unpaired) electrons. The molecule has 3 fully saturated rings. The first-order valence-corrected chi connectivity index (χ1v) is 19.9. The van der Waals surface area contributed by atoms with Gasteiger partial charge in [0.15, 0.2) is 11.5 Å². The van der Waals surface area contributed by atoms with E-state index < -0.39 is 6.03 Å². The van der Waals surface area contributed by atoms with Crippen molar-refractivity contribution in [1.29, 1.82) is 0 Å². The van der Waals surface area contributed by atoms with Gasteiger partial charge < -0.3 is 28.6 Å². The third-order valence-electron chi connectivity index (χ3n) is 11.2. The third-order valence-corrected chi connectivity index (χ3v) is 11.5. The smallest absolute Gasteiger partial charge is 0.328 e. The van der Waals surface area contributed by atoms with Crippen molar-refractivity contribution in [1.82, 2.24) is 24.7 Å². The Morgan fingerprint density at radius 3 is 2.34 bits per heavy atom. The van der Waals surface area contributed by atoms with Crippen LogP contribution >= 0.6 is 11.6 Å². The summed E-state index contributed by atoms with van der Waals surface area (Å²) in [4.78, 5) is 60.8. The molecule has 13 nitrogen and oxygen atoms in total. The number of aromatic nitrogens is 2. The number of halogens is 1. The lowest BCUT2D eigenvalue weighted by atomic mass is 9.94. The maximum atomic E-state index is 13.5. The molecule has 0 atom stereocenters. The Labute approximate surface area is 331 Å². The third kappa shape index (κ3) is 8.34. The van der Waals surface area contributed by atoms with E-state index in [0.29, 0.717) is 64.5 Å². The summed E-state index contributed by atoms with van der Waals surface area (Å²) in [6.45, 7) is 7.01. The number of imide groups is 1. The number of nitrogens with zero attached hydrogens (tertiary/aromatic N) is 5. The van der Waals surface area contributed by atoms with Crippen LogP contribution in [0.3, 0.4) is 0 Å². The van der Waals surface area contributed by atoms with Gasteiger partial charge in [0.1, 0.15) is 6.10 Å². The van der Waals surface area contributed by atoms with Gasteiger partial charge in [0.2, 0.25) is 11.7 Å². The number of urea groups is 1. The number of nitrogens with one attached hydrogen (secondary N) is 1. The number of hydrogen-bond acceptors (Lipinski definition) is 9. The molecular formula is C42H49ClN6O7. The lowest BCUT2D eigenvalue weighted by molar-refractivity contribution is -0.120. The minimum Gasteiger partial charge on any atom is -0.493 e. The summed E-state index contributed by atoms with van der Waals surface area (Å²) in [6.07, 6.45) is 10.8. The molecule has 14 heteroatoms. The van der Waals surface area contributed by atoms with E-state index in [4.69, 9.17) is 25.8 Å². The number of pyridine rings is 2. The topological polar surface area (TPSA) is 136 Å². The number of methoxy groups -OCH3 is 2. The predicted molar refractivity (Wildman–Crippen MR) is 215 cm³/mol. The predicted octanol–water partition coefficient (Wildman–Crippen LogP) is 6.38. The molecule has 3 saturated heterocycles. The van der Waals surface area contributed by atoms with Crippen LogP contribution in [-0.4, -0.2) is 96.8 Å². The van der Waals surface area contributed by atoms with Gasteiger partial charge in [0.05, 0.1) is 30.3 Å². The van der Waals surface area contributed by atoms with E-state index >= 15 is 0 Å². The Bertz CT molecular complexity index is 2130. The summed E-state index contributed by atoms with van der Waals surface area (Å²) in [7, 11) is 3.26. The van der Waals surface area contributed by atoms with Crippen molar-refractivity contribution < 1.29 is 28.6 Å². The first kappa shape index (κ1) is 39.1. The van der Waals surface area contributed by atoms with Gasteiger partial charge in [0, 0.05) is 82.0 Å². The molecule has 2 aromatic carbocycles. The number of unbranched alkanes of at least 4 members (excludes halogenated alkanes) is 1. The molecule has 4 amide bonds. The van der Waals surface area contributed by atoms with Crippen molar-refractivity contribution in [2.75, 3.05) is 58.4 Å². The quantitative estimate of drug-likeness (QED) is 0.174. The number of aryl methyl sites for hydroxylation is 1. The van der Waals surface area contributed by atoms with Crippen LogP contribution in [0.15, 0.2) is 59.8 Å². The number of carbonyl (C=O) groups excluding carboxylic acids is 3. The largest absolute Gasteiger partial charge is 0.493 e. The van der Waals surface area contributed by atoms with Gasteiger partial charge in [-0.15, -0.1) is 0 Å². The summed E-state index contributed by atoms with van der Waals surface area (Å²) in [5.41, 5.74) is 2.60. The molecule has 296 valence electrons. The molecule has 0 bridgehead atoms. The van der Waals surface area contributed by atoms with Crippen LogP contribution in [0.25, 0.3) is 21.9 Å². The molecule has 7 rings (SSSR count). The highest BCUT2D eigenvalue weighted by Gasteiger charge is 2.31. The summed E-state index contributed by atoms with van der Waals surface area (Å²) in [5.74, 6) is 1.77. The normalized spacial score (nSPS) is 17.3. The first-order valence-electron chi connectivity index (χ1n) is 19.5. The highest BCUT2D eigenvalue weighted by atomic mass is 35.5. The standard InChI is InChI=1S/C42H49ClN6O7/c1-4-5-15-48-26-33(31-8-14-44-24-32(31)41(48)52)29-22-36(54-2)39(37(23-29)55-3)56-30-11-16-46(17-12-30)25-27-9-18-47(19-10-27)40(51)28-6-7-34(43)35(21-28)49-20-13-38(50)45-42(49)53/h6-8,14,21-24,26-27,30H,4-5,9-13,15-20,25H2,1-3H3,(H,45,50,53). The minimum absolute atomic E-state index is 0.0111. The van der Waals surface area contributed by atoms with Gasteiger partial charge in [-0.2, -0.15) is 0 Å². The van der Waals surface area contributed by atoms with Crippen molar-refractivity contribution in [2.45, 2.75) is 64.5 Å². The molecule has 56 heavy (non-hydrogen) atoms. The average Bonchev–Trinajstić information content (AvgIpc) is 3.22. The number of hydrogen-bond donors (Lipinski definition) is 1. The molecule has 4 aromatic rings. The fraction of sp³-hybridized carbons (Fsp3) is 0.452. The maximum absolute atomic E-state index is 13.5. The number of carbonyl (C=O) groups is 3. The van der Waals surface area contributed by atoms with Crippen LogP contribution in [0, 0.1) is 5.92 Å². The van der Waals surface area contributed by atoms with E-state index in [1.54, 1.807) is 49.4 Å². The van der Waals surface area contributed by atoms with Crippen molar-refractivity contribution in [3.63, 3.8) is 0 Å². The van der Waals surface area contributed by atoms with Gasteiger partial charge in [-0.05, 0) is 85.4 Å². The zero-order chi connectivity index (χ0) is 39.3. The SMILES string of the molecule is CCCCn1cc(-c2cc(OC)c(OC3CCN(CC4CCN(C(=O)c5ccc(Cl)c(N6CCC(=O)NC6=O)c5)CC4)CC3)c(OC)c2)c2ccncc2c1=O. The molecule has 0 aliphatic carbocycles. The summed E-state index contributed by atoms with van der Waals surface area (Å²) in [5, 5.41) is 4.05. The Morgan fingerprint density at radius 2 is 1.66 bits per heavy atom. The van der Waals surface area contributed by atoms with Crippen LogP contribution < -0.4 is 30.0 Å². The van der Waals surface area contributed by atoms with Crippen molar-refractivity contribution in [3.05, 3.63) is 75.9 Å². The molecule has 1 N–H and O–H groups in total. The van der Waals surface area contributed by atoms with Gasteiger partial charge >= 0.3 is 6.03 Å². The molecular weight excluding hydrogens is 736 g/mol. The molecule has 0 unspecified atom stereocenters. The van der Waals surface area contributed by atoms with Gasteiger partial charge in [-0.3, -0.25) is 29.6 Å². The summed E-state index contributed by atoms with van der Waals surface area (Å²) < 4.78 is 20.2.